The summed E-state index contributed by atoms with van der Waals surface area (Å²) in [5, 5.41) is 16.2. The molecule has 8 rings (SSSR count). The molecule has 2 bridgehead atoms. The lowest BCUT2D eigenvalue weighted by Crippen LogP contribution is -2.51. The van der Waals surface area contributed by atoms with Crippen molar-refractivity contribution < 1.29 is 23.8 Å². The van der Waals surface area contributed by atoms with E-state index in [0.717, 1.165) is 69.4 Å². The number of aromatic nitrogens is 3. The number of halogens is 1. The number of carbonyl (C=O) groups excluding carboxylic acids is 1. The zero-order valence-electron chi connectivity index (χ0n) is 27.8. The normalized spacial score (nSPS) is 24.7. The Balaban J connectivity index is 1.16. The second-order valence-electron chi connectivity index (χ2n) is 14.1. The van der Waals surface area contributed by atoms with Gasteiger partial charge >= 0.3 is 12.1 Å². The van der Waals surface area contributed by atoms with Gasteiger partial charge in [-0.15, -0.1) is 6.42 Å². The second-order valence-corrected chi connectivity index (χ2v) is 14.1. The molecule has 0 saturated carbocycles. The van der Waals surface area contributed by atoms with Crippen LogP contribution in [-0.2, 0) is 4.74 Å². The summed E-state index contributed by atoms with van der Waals surface area (Å²) in [5.74, 6) is 2.77. The second kappa shape index (κ2) is 12.3. The van der Waals surface area contributed by atoms with Crippen LogP contribution in [0.2, 0.25) is 0 Å². The number of hydrogen-bond acceptors (Lipinski definition) is 10. The molecule has 4 aromatic rings. The molecule has 4 fully saturated rings. The molecule has 4 aliphatic heterocycles. The van der Waals surface area contributed by atoms with E-state index < -0.39 is 5.82 Å². The van der Waals surface area contributed by atoms with Crippen LogP contribution in [0, 0.1) is 18.2 Å². The van der Waals surface area contributed by atoms with Crippen LogP contribution in [0.3, 0.4) is 0 Å². The fourth-order valence-electron chi connectivity index (χ4n) is 8.45. The highest BCUT2D eigenvalue weighted by atomic mass is 19.1. The van der Waals surface area contributed by atoms with Crippen molar-refractivity contribution in [3.05, 3.63) is 47.8 Å². The van der Waals surface area contributed by atoms with E-state index in [2.05, 4.69) is 21.0 Å². The van der Waals surface area contributed by atoms with E-state index in [1.54, 1.807) is 32.3 Å². The minimum atomic E-state index is -0.512. The Bertz CT molecular complexity index is 1990. The van der Waals surface area contributed by atoms with Crippen LogP contribution in [0.4, 0.5) is 15.0 Å². The lowest BCUT2D eigenvalue weighted by molar-refractivity contribution is 0.0484. The van der Waals surface area contributed by atoms with Crippen molar-refractivity contribution in [1.29, 1.82) is 0 Å². The van der Waals surface area contributed by atoms with E-state index in [0.29, 0.717) is 53.0 Å². The molecule has 0 radical (unpaired) electrons. The minimum Gasteiger partial charge on any atom is -0.508 e. The third-order valence-electron chi connectivity index (χ3n) is 10.8. The Morgan fingerprint density at radius 1 is 1.12 bits per heavy atom. The third-order valence-corrected chi connectivity index (χ3v) is 10.8. The standard InChI is InChI=1S/C37H40FN7O4/c1-4-27-30(38)10-6-22-16-26(46)17-29(32(22)27)31-11-9-28-33(40-31)41-35(42-34(28)44-18-23-7-8-24(19-44)39-23)49-21-37-13-5-15-45(37)25(12-14-37)20-48-36(47)43(2)3/h1,6,9-11,16-17,23-25,39,46H,5,7-8,12-15,18-21H2,2-3H3/t23-,24+,25-,37-/m1/s1. The smallest absolute Gasteiger partial charge is 0.409 e. The largest absolute Gasteiger partial charge is 0.508 e. The minimum absolute atomic E-state index is 0.0226. The number of ether oxygens (including phenoxy) is 2. The molecule has 12 heteroatoms. The van der Waals surface area contributed by atoms with E-state index in [1.165, 1.54) is 11.0 Å². The Morgan fingerprint density at radius 2 is 1.94 bits per heavy atom. The molecule has 2 aromatic heterocycles. The molecule has 0 aliphatic carbocycles. The number of aromatic hydroxyl groups is 1. The molecule has 2 N–H and O–H groups in total. The first-order valence-corrected chi connectivity index (χ1v) is 17.1. The number of fused-ring (bicyclic) bond motifs is 5. The van der Waals surface area contributed by atoms with Gasteiger partial charge in [0.25, 0.3) is 0 Å². The van der Waals surface area contributed by atoms with Gasteiger partial charge in [0.1, 0.15) is 30.6 Å². The predicted molar refractivity (Wildman–Crippen MR) is 184 cm³/mol. The Kier molecular flexibility index (Phi) is 7.92. The van der Waals surface area contributed by atoms with Crippen molar-refractivity contribution in [1.82, 2.24) is 30.1 Å². The van der Waals surface area contributed by atoms with Crippen molar-refractivity contribution in [3.63, 3.8) is 0 Å². The van der Waals surface area contributed by atoms with Gasteiger partial charge in [-0.1, -0.05) is 12.0 Å². The van der Waals surface area contributed by atoms with Crippen molar-refractivity contribution in [2.24, 2.45) is 0 Å². The maximum absolute atomic E-state index is 14.9. The Morgan fingerprint density at radius 3 is 2.71 bits per heavy atom. The summed E-state index contributed by atoms with van der Waals surface area (Å²) < 4.78 is 27.0. The number of phenols is 1. The van der Waals surface area contributed by atoms with Crippen LogP contribution in [-0.4, -0.2) is 107 Å². The number of benzene rings is 2. The first-order chi connectivity index (χ1) is 23.7. The number of anilines is 1. The highest BCUT2D eigenvalue weighted by molar-refractivity contribution is 6.02. The van der Waals surface area contributed by atoms with E-state index >= 15 is 0 Å². The number of phenolic OH excluding ortho intramolecular Hbond substituents is 1. The van der Waals surface area contributed by atoms with Crippen LogP contribution in [0.25, 0.3) is 33.1 Å². The van der Waals surface area contributed by atoms with E-state index in [4.69, 9.17) is 30.8 Å². The van der Waals surface area contributed by atoms with E-state index in [9.17, 15) is 14.3 Å². The summed E-state index contributed by atoms with van der Waals surface area (Å²) in [5.41, 5.74) is 1.38. The predicted octanol–water partition coefficient (Wildman–Crippen LogP) is 4.69. The van der Waals surface area contributed by atoms with Gasteiger partial charge in [-0.05, 0) is 80.8 Å². The van der Waals surface area contributed by atoms with Crippen LogP contribution < -0.4 is 15.0 Å². The van der Waals surface area contributed by atoms with Crippen LogP contribution in [0.5, 0.6) is 11.8 Å². The monoisotopic (exact) mass is 665 g/mol. The van der Waals surface area contributed by atoms with Crippen LogP contribution in [0.1, 0.15) is 44.1 Å². The summed E-state index contributed by atoms with van der Waals surface area (Å²) in [6.07, 6.45) is 11.5. The van der Waals surface area contributed by atoms with Gasteiger partial charge < -0.3 is 29.7 Å². The highest BCUT2D eigenvalue weighted by Crippen LogP contribution is 2.43. The summed E-state index contributed by atoms with van der Waals surface area (Å²) in [6.45, 7) is 3.31. The number of carbonyl (C=O) groups is 1. The topological polar surface area (TPSA) is 116 Å². The van der Waals surface area contributed by atoms with Crippen molar-refractivity contribution in [3.8, 4) is 35.4 Å². The molecule has 1 amide bonds. The lowest BCUT2D eigenvalue weighted by atomic mass is 9.95. The number of nitrogens with zero attached hydrogens (tertiary/aromatic N) is 6. The summed E-state index contributed by atoms with van der Waals surface area (Å²) in [4.78, 5) is 33.2. The number of rotatable bonds is 7. The number of pyridine rings is 1. The molecule has 4 aliphatic rings. The fourth-order valence-corrected chi connectivity index (χ4v) is 8.45. The van der Waals surface area contributed by atoms with Gasteiger partial charge in [-0.3, -0.25) is 4.90 Å². The van der Waals surface area contributed by atoms with Crippen molar-refractivity contribution in [2.75, 3.05) is 51.8 Å². The van der Waals surface area contributed by atoms with Crippen molar-refractivity contribution >= 4 is 33.7 Å². The molecule has 4 saturated heterocycles. The van der Waals surface area contributed by atoms with Gasteiger partial charge in [-0.2, -0.15) is 9.97 Å². The van der Waals surface area contributed by atoms with E-state index in [1.807, 2.05) is 12.1 Å². The maximum atomic E-state index is 14.9. The number of piperazine rings is 1. The number of terminal acetylenes is 1. The average Bonchev–Trinajstić information content (AvgIpc) is 3.77. The molecule has 11 nitrogen and oxygen atoms in total. The van der Waals surface area contributed by atoms with Crippen LogP contribution >= 0.6 is 0 Å². The van der Waals surface area contributed by atoms with Crippen LogP contribution in [0.15, 0.2) is 36.4 Å². The summed E-state index contributed by atoms with van der Waals surface area (Å²) in [7, 11) is 3.37. The maximum Gasteiger partial charge on any atom is 0.409 e. The molecule has 0 spiro atoms. The average molecular weight is 666 g/mol. The van der Waals surface area contributed by atoms with E-state index in [-0.39, 0.29) is 35.0 Å². The number of amides is 1. The van der Waals surface area contributed by atoms with Gasteiger partial charge in [0, 0.05) is 56.3 Å². The Hall–Kier alpha value is -4.73. The fraction of sp³-hybridized carbons (Fsp3) is 0.459. The highest BCUT2D eigenvalue weighted by Gasteiger charge is 2.50. The number of hydrogen-bond donors (Lipinski definition) is 2. The van der Waals surface area contributed by atoms with Gasteiger partial charge in [0.15, 0.2) is 5.65 Å². The van der Waals surface area contributed by atoms with Crippen molar-refractivity contribution in [2.45, 2.75) is 62.2 Å². The Labute approximate surface area is 284 Å². The molecular formula is C37H40FN7O4. The summed E-state index contributed by atoms with van der Waals surface area (Å²) in [6, 6.07) is 11.0. The van der Waals surface area contributed by atoms with Gasteiger partial charge in [0.05, 0.1) is 22.2 Å². The first-order valence-electron chi connectivity index (χ1n) is 17.1. The molecule has 254 valence electrons. The third kappa shape index (κ3) is 5.64. The zero-order valence-corrected chi connectivity index (χ0v) is 27.8. The molecule has 0 unspecified atom stereocenters. The molecule has 6 heterocycles. The first kappa shape index (κ1) is 31.5. The molecule has 49 heavy (non-hydrogen) atoms. The van der Waals surface area contributed by atoms with Gasteiger partial charge in [0.2, 0.25) is 0 Å². The lowest BCUT2D eigenvalue weighted by Gasteiger charge is -2.35. The summed E-state index contributed by atoms with van der Waals surface area (Å²) >= 11 is 0. The molecule has 2 aromatic carbocycles. The van der Waals surface area contributed by atoms with Gasteiger partial charge in [-0.25, -0.2) is 14.2 Å². The number of nitrogens with one attached hydrogen (secondary N) is 1. The zero-order chi connectivity index (χ0) is 33.9. The molecule has 4 atom stereocenters. The SMILES string of the molecule is C#Cc1c(F)ccc2cc(O)cc(-c3ccc4c(N5C[C@H]6CC[C@@H](C5)N6)nc(OC[C@]56CCCN5[C@@H](COC(=O)N(C)C)CC6)nc4n3)c12. The quantitative estimate of drug-likeness (QED) is 0.270. The molecular weight excluding hydrogens is 625 g/mol.